The van der Waals surface area contributed by atoms with E-state index in [-0.39, 0.29) is 29.4 Å². The number of amides is 2. The van der Waals surface area contributed by atoms with Gasteiger partial charge in [0, 0.05) is 23.5 Å². The molecule has 1 unspecified atom stereocenters. The lowest BCUT2D eigenvalue weighted by molar-refractivity contribution is -0.130. The van der Waals surface area contributed by atoms with Gasteiger partial charge in [-0.05, 0) is 38.5 Å². The fourth-order valence-corrected chi connectivity index (χ4v) is 2.63. The lowest BCUT2D eigenvalue weighted by Gasteiger charge is -2.25. The number of hydrogen-bond acceptors (Lipinski definition) is 6. The normalized spacial score (nSPS) is 13.8. The molecule has 2 amide bonds. The van der Waals surface area contributed by atoms with E-state index in [2.05, 4.69) is 10.3 Å². The maximum Gasteiger partial charge on any atom is 0.256 e. The first-order chi connectivity index (χ1) is 14.1. The molecule has 0 saturated carbocycles. The maximum absolute atomic E-state index is 14.0. The van der Waals surface area contributed by atoms with Crippen LogP contribution in [-0.2, 0) is 16.2 Å². The van der Waals surface area contributed by atoms with Crippen LogP contribution in [0, 0.1) is 12.7 Å². The van der Waals surface area contributed by atoms with Gasteiger partial charge in [0.05, 0.1) is 17.9 Å². The van der Waals surface area contributed by atoms with Crippen molar-refractivity contribution in [1.29, 1.82) is 0 Å². The molecule has 8 nitrogen and oxygen atoms in total. The standard InChI is InChI=1S/C21H25FN4O4/c1-12-5-4-6-16(22)15(12)10-30-14-7-8-25-17(9-14)18(13(2)23)19(28)26-21(3,11-27)20(24)29/h4-9,27H,10-11,23H2,1-3H3,(H2,24,29)(H,26,28)/b18-13+. The summed E-state index contributed by atoms with van der Waals surface area (Å²) < 4.78 is 19.7. The number of hydrogen-bond donors (Lipinski definition) is 4. The number of pyridine rings is 1. The number of aliphatic hydroxyl groups excluding tert-OH is 1. The second kappa shape index (κ2) is 9.36. The number of nitrogens with one attached hydrogen (secondary N) is 1. The van der Waals surface area contributed by atoms with Crippen LogP contribution >= 0.6 is 0 Å². The maximum atomic E-state index is 14.0. The van der Waals surface area contributed by atoms with Gasteiger partial charge in [-0.15, -0.1) is 0 Å². The predicted molar refractivity (Wildman–Crippen MR) is 109 cm³/mol. The molecule has 0 spiro atoms. The minimum atomic E-state index is -1.67. The quantitative estimate of drug-likeness (QED) is 0.476. The molecule has 2 rings (SSSR count). The molecule has 0 aliphatic heterocycles. The fraction of sp³-hybridized carbons (Fsp3) is 0.286. The number of ether oxygens (including phenoxy) is 1. The van der Waals surface area contributed by atoms with E-state index in [1.807, 2.05) is 0 Å². The Labute approximate surface area is 173 Å². The average Bonchev–Trinajstić information content (AvgIpc) is 2.67. The van der Waals surface area contributed by atoms with E-state index in [1.54, 1.807) is 25.1 Å². The summed E-state index contributed by atoms with van der Waals surface area (Å²) in [7, 11) is 0. The number of carbonyl (C=O) groups excluding carboxylic acids is 2. The summed E-state index contributed by atoms with van der Waals surface area (Å²) in [6.45, 7) is 3.86. The van der Waals surface area contributed by atoms with Crippen LogP contribution in [0.3, 0.4) is 0 Å². The smallest absolute Gasteiger partial charge is 0.256 e. The lowest BCUT2D eigenvalue weighted by Crippen LogP contribution is -2.58. The van der Waals surface area contributed by atoms with Gasteiger partial charge in [-0.1, -0.05) is 12.1 Å². The molecule has 0 fully saturated rings. The van der Waals surface area contributed by atoms with Gasteiger partial charge in [-0.25, -0.2) is 4.39 Å². The Kier molecular flexibility index (Phi) is 7.12. The van der Waals surface area contributed by atoms with Gasteiger partial charge in [0.15, 0.2) is 0 Å². The van der Waals surface area contributed by atoms with E-state index in [0.29, 0.717) is 11.3 Å². The molecule has 1 aromatic heterocycles. The number of nitrogens with zero attached hydrogens (tertiary/aromatic N) is 1. The monoisotopic (exact) mass is 416 g/mol. The zero-order valence-corrected chi connectivity index (χ0v) is 17.0. The molecule has 2 aromatic rings. The molecule has 160 valence electrons. The third kappa shape index (κ3) is 5.12. The molecule has 0 radical (unpaired) electrons. The summed E-state index contributed by atoms with van der Waals surface area (Å²) in [5.41, 5.74) is 10.9. The molecule has 0 saturated heterocycles. The molecule has 0 bridgehead atoms. The van der Waals surface area contributed by atoms with E-state index >= 15 is 0 Å². The van der Waals surface area contributed by atoms with E-state index in [0.717, 1.165) is 5.56 Å². The third-order valence-corrected chi connectivity index (χ3v) is 4.59. The van der Waals surface area contributed by atoms with Crippen LogP contribution in [-0.4, -0.2) is 34.1 Å². The van der Waals surface area contributed by atoms with Crippen molar-refractivity contribution in [3.63, 3.8) is 0 Å². The zero-order chi connectivity index (χ0) is 22.5. The van der Waals surface area contributed by atoms with Crippen molar-refractivity contribution in [3.8, 4) is 5.75 Å². The van der Waals surface area contributed by atoms with Crippen LogP contribution in [0.25, 0.3) is 5.57 Å². The number of allylic oxidation sites excluding steroid dienone is 1. The number of aromatic nitrogens is 1. The van der Waals surface area contributed by atoms with Crippen molar-refractivity contribution in [2.45, 2.75) is 32.9 Å². The molecule has 9 heteroatoms. The van der Waals surface area contributed by atoms with Crippen LogP contribution < -0.4 is 21.5 Å². The number of aliphatic hydroxyl groups is 1. The zero-order valence-electron chi connectivity index (χ0n) is 17.0. The van der Waals surface area contributed by atoms with Crippen molar-refractivity contribution >= 4 is 17.4 Å². The Balaban J connectivity index is 2.28. The summed E-state index contributed by atoms with van der Waals surface area (Å²) in [4.78, 5) is 28.5. The van der Waals surface area contributed by atoms with Crippen molar-refractivity contribution in [3.05, 3.63) is 64.9 Å². The first-order valence-corrected chi connectivity index (χ1v) is 9.12. The van der Waals surface area contributed by atoms with Crippen molar-refractivity contribution < 1.29 is 23.8 Å². The highest BCUT2D eigenvalue weighted by Gasteiger charge is 2.34. The van der Waals surface area contributed by atoms with Crippen LogP contribution in [0.1, 0.15) is 30.7 Å². The van der Waals surface area contributed by atoms with Crippen LogP contribution in [0.5, 0.6) is 5.75 Å². The molecule has 0 aliphatic rings. The van der Waals surface area contributed by atoms with Crippen molar-refractivity contribution in [1.82, 2.24) is 10.3 Å². The van der Waals surface area contributed by atoms with Gasteiger partial charge in [0.25, 0.3) is 5.91 Å². The number of rotatable bonds is 8. The Morgan fingerprint density at radius 1 is 1.30 bits per heavy atom. The van der Waals surface area contributed by atoms with E-state index < -0.39 is 24.0 Å². The van der Waals surface area contributed by atoms with Gasteiger partial charge in [-0.3, -0.25) is 14.6 Å². The molecular formula is C21H25FN4O4. The minimum Gasteiger partial charge on any atom is -0.489 e. The van der Waals surface area contributed by atoms with Crippen molar-refractivity contribution in [2.75, 3.05) is 6.61 Å². The highest BCUT2D eigenvalue weighted by atomic mass is 19.1. The van der Waals surface area contributed by atoms with E-state index in [1.165, 1.54) is 32.2 Å². The first-order valence-electron chi connectivity index (χ1n) is 9.12. The average molecular weight is 416 g/mol. The topological polar surface area (TPSA) is 141 Å². The van der Waals surface area contributed by atoms with Crippen molar-refractivity contribution in [2.24, 2.45) is 11.5 Å². The Morgan fingerprint density at radius 2 is 2.00 bits per heavy atom. The number of aryl methyl sites for hydroxylation is 1. The van der Waals surface area contributed by atoms with Gasteiger partial charge in [-0.2, -0.15) is 0 Å². The SMILES string of the molecule is C/C(N)=C(\C(=O)NC(C)(CO)C(N)=O)c1cc(OCc2c(C)cccc2F)ccn1. The third-order valence-electron chi connectivity index (χ3n) is 4.59. The van der Waals surface area contributed by atoms with Gasteiger partial charge >= 0.3 is 0 Å². The second-order valence-electron chi connectivity index (χ2n) is 7.07. The van der Waals surface area contributed by atoms with E-state index in [9.17, 15) is 19.1 Å². The molecule has 1 heterocycles. The van der Waals surface area contributed by atoms with Gasteiger partial charge < -0.3 is 26.6 Å². The highest BCUT2D eigenvalue weighted by molar-refractivity contribution is 6.20. The van der Waals surface area contributed by atoms with Crippen LogP contribution in [0.4, 0.5) is 4.39 Å². The largest absolute Gasteiger partial charge is 0.489 e. The number of benzene rings is 1. The highest BCUT2D eigenvalue weighted by Crippen LogP contribution is 2.22. The summed E-state index contributed by atoms with van der Waals surface area (Å²) in [6.07, 6.45) is 1.41. The number of carbonyl (C=O) groups is 2. The molecule has 0 aliphatic carbocycles. The Hall–Kier alpha value is -3.46. The summed E-state index contributed by atoms with van der Waals surface area (Å²) in [6, 6.07) is 7.78. The minimum absolute atomic E-state index is 0.0107. The summed E-state index contributed by atoms with van der Waals surface area (Å²) in [5, 5.41) is 11.8. The Bertz CT molecular complexity index is 968. The summed E-state index contributed by atoms with van der Waals surface area (Å²) >= 11 is 0. The van der Waals surface area contributed by atoms with Crippen LogP contribution in [0.15, 0.2) is 42.2 Å². The van der Waals surface area contributed by atoms with Gasteiger partial charge in [0.1, 0.15) is 23.7 Å². The fourth-order valence-electron chi connectivity index (χ4n) is 2.63. The number of nitrogens with two attached hydrogens (primary N) is 2. The Morgan fingerprint density at radius 3 is 2.57 bits per heavy atom. The number of halogens is 1. The van der Waals surface area contributed by atoms with E-state index in [4.69, 9.17) is 16.2 Å². The second-order valence-corrected chi connectivity index (χ2v) is 7.07. The molecule has 1 aromatic carbocycles. The van der Waals surface area contributed by atoms with Gasteiger partial charge in [0.2, 0.25) is 5.91 Å². The lowest BCUT2D eigenvalue weighted by atomic mass is 10.0. The molecule has 30 heavy (non-hydrogen) atoms. The summed E-state index contributed by atoms with van der Waals surface area (Å²) in [5.74, 6) is -1.68. The first kappa shape index (κ1) is 22.8. The van der Waals surface area contributed by atoms with Crippen LogP contribution in [0.2, 0.25) is 0 Å². The molecule has 1 atom stereocenters. The molecule has 6 N–H and O–H groups in total. The predicted octanol–water partition coefficient (Wildman–Crippen LogP) is 1.15. The number of primary amides is 1. The molecular weight excluding hydrogens is 391 g/mol.